The van der Waals surface area contributed by atoms with E-state index in [0.29, 0.717) is 0 Å². The van der Waals surface area contributed by atoms with Gasteiger partial charge >= 0.3 is 0 Å². The fourth-order valence-corrected chi connectivity index (χ4v) is 4.70. The third-order valence-corrected chi connectivity index (χ3v) is 6.50. The lowest BCUT2D eigenvalue weighted by atomic mass is 10.3. The standard InChI is InChI=1S/C17H22N4OS2.2ClH/c1-14(22)15-4-5-16(24-15)23-13-3-8-20-9-11-21(12-10-20)17-18-6-2-7-19-17;;/h2,4-7H,3,8-13H2,1H3;2*1H. The summed E-state index contributed by atoms with van der Waals surface area (Å²) in [6.07, 6.45) is 4.77. The fraction of sp³-hybridized carbons (Fsp3) is 0.471. The van der Waals surface area contributed by atoms with E-state index in [1.165, 1.54) is 10.6 Å². The SMILES string of the molecule is CC(=O)c1ccc(SCCCN2CCN(c3ncccn3)CC2)s1.Cl.Cl. The van der Waals surface area contributed by atoms with Gasteiger partial charge in [-0.25, -0.2) is 9.97 Å². The normalized spacial score (nSPS) is 14.4. The number of Topliss-reactive ketones (excluding diaryl/α,β-unsaturated/α-hetero) is 1. The zero-order valence-electron chi connectivity index (χ0n) is 14.7. The van der Waals surface area contributed by atoms with E-state index in [1.54, 1.807) is 30.7 Å². The highest BCUT2D eigenvalue weighted by molar-refractivity contribution is 8.01. The van der Waals surface area contributed by atoms with Crippen LogP contribution < -0.4 is 4.90 Å². The number of hydrogen-bond acceptors (Lipinski definition) is 7. The predicted molar refractivity (Wildman–Crippen MR) is 115 cm³/mol. The summed E-state index contributed by atoms with van der Waals surface area (Å²) < 4.78 is 1.24. The Morgan fingerprint density at radius 1 is 1.15 bits per heavy atom. The van der Waals surface area contributed by atoms with Crippen LogP contribution in [0.4, 0.5) is 5.95 Å². The van der Waals surface area contributed by atoms with E-state index in [0.717, 1.165) is 49.3 Å². The molecule has 2 aromatic rings. The first-order chi connectivity index (χ1) is 11.7. The zero-order valence-corrected chi connectivity index (χ0v) is 17.9. The van der Waals surface area contributed by atoms with E-state index in [2.05, 4.69) is 25.8 Å². The molecule has 0 atom stereocenters. The molecule has 0 bridgehead atoms. The van der Waals surface area contributed by atoms with Gasteiger partial charge < -0.3 is 4.90 Å². The Morgan fingerprint density at radius 3 is 2.46 bits per heavy atom. The molecule has 26 heavy (non-hydrogen) atoms. The maximum absolute atomic E-state index is 11.3. The van der Waals surface area contributed by atoms with Gasteiger partial charge in [0.2, 0.25) is 5.95 Å². The molecule has 9 heteroatoms. The third kappa shape index (κ3) is 6.70. The highest BCUT2D eigenvalue weighted by atomic mass is 35.5. The van der Waals surface area contributed by atoms with Crippen molar-refractivity contribution in [1.82, 2.24) is 14.9 Å². The number of halogens is 2. The molecule has 0 saturated carbocycles. The second-order valence-corrected chi connectivity index (χ2v) is 8.23. The number of rotatable bonds is 7. The zero-order chi connectivity index (χ0) is 16.8. The summed E-state index contributed by atoms with van der Waals surface area (Å²) in [7, 11) is 0. The van der Waals surface area contributed by atoms with Gasteiger partial charge in [0.25, 0.3) is 0 Å². The molecule has 2 aromatic heterocycles. The van der Waals surface area contributed by atoms with E-state index in [4.69, 9.17) is 0 Å². The molecule has 1 saturated heterocycles. The van der Waals surface area contributed by atoms with Crippen molar-refractivity contribution in [2.24, 2.45) is 0 Å². The Labute approximate surface area is 175 Å². The third-order valence-electron chi connectivity index (χ3n) is 4.00. The number of carbonyl (C=O) groups is 1. The van der Waals surface area contributed by atoms with Crippen molar-refractivity contribution in [3.05, 3.63) is 35.5 Å². The summed E-state index contributed by atoms with van der Waals surface area (Å²) in [5.41, 5.74) is 0. The molecule has 1 aliphatic heterocycles. The van der Waals surface area contributed by atoms with Crippen LogP contribution in [0.5, 0.6) is 0 Å². The molecule has 0 aromatic carbocycles. The minimum absolute atomic E-state index is 0. The van der Waals surface area contributed by atoms with Gasteiger partial charge in [0, 0.05) is 44.3 Å². The number of nitrogens with zero attached hydrogens (tertiary/aromatic N) is 4. The second-order valence-electron chi connectivity index (χ2n) is 5.75. The highest BCUT2D eigenvalue weighted by Crippen LogP contribution is 2.28. The molecule has 0 N–H and O–H groups in total. The van der Waals surface area contributed by atoms with Crippen LogP contribution in [0.25, 0.3) is 0 Å². The lowest BCUT2D eigenvalue weighted by Gasteiger charge is -2.34. The van der Waals surface area contributed by atoms with Crippen molar-refractivity contribution in [1.29, 1.82) is 0 Å². The summed E-state index contributed by atoms with van der Waals surface area (Å²) in [4.78, 5) is 25.6. The summed E-state index contributed by atoms with van der Waals surface area (Å²) in [5.74, 6) is 2.10. The topological polar surface area (TPSA) is 49.3 Å². The molecule has 1 aliphatic rings. The van der Waals surface area contributed by atoms with Crippen molar-refractivity contribution in [3.63, 3.8) is 0 Å². The first kappa shape index (κ1) is 23.2. The summed E-state index contributed by atoms with van der Waals surface area (Å²) in [5, 5.41) is 0. The average molecular weight is 435 g/mol. The minimum atomic E-state index is 0. The first-order valence-electron chi connectivity index (χ1n) is 8.20. The minimum Gasteiger partial charge on any atom is -0.338 e. The van der Waals surface area contributed by atoms with Crippen molar-refractivity contribution in [3.8, 4) is 0 Å². The number of thiophene rings is 1. The van der Waals surface area contributed by atoms with E-state index in [9.17, 15) is 4.79 Å². The maximum atomic E-state index is 11.3. The van der Waals surface area contributed by atoms with Gasteiger partial charge in [-0.2, -0.15) is 0 Å². The van der Waals surface area contributed by atoms with E-state index in [-0.39, 0.29) is 30.6 Å². The Bertz CT molecular complexity index is 664. The van der Waals surface area contributed by atoms with Crippen molar-refractivity contribution in [2.45, 2.75) is 17.6 Å². The van der Waals surface area contributed by atoms with E-state index >= 15 is 0 Å². The van der Waals surface area contributed by atoms with Crippen LogP contribution >= 0.6 is 47.9 Å². The fourth-order valence-electron chi connectivity index (χ4n) is 2.67. The van der Waals surface area contributed by atoms with Crippen molar-refractivity contribution < 1.29 is 4.79 Å². The molecule has 144 valence electrons. The largest absolute Gasteiger partial charge is 0.338 e. The number of ketones is 1. The lowest BCUT2D eigenvalue weighted by Crippen LogP contribution is -2.47. The van der Waals surface area contributed by atoms with Crippen molar-refractivity contribution >= 4 is 59.6 Å². The molecule has 0 spiro atoms. The van der Waals surface area contributed by atoms with Crippen LogP contribution in [-0.4, -0.2) is 59.1 Å². The molecule has 0 amide bonds. The number of aromatic nitrogens is 2. The quantitative estimate of drug-likeness (QED) is 0.374. The van der Waals surface area contributed by atoms with Crippen LogP contribution in [0.3, 0.4) is 0 Å². The summed E-state index contributed by atoms with van der Waals surface area (Å²) in [6.45, 7) is 6.86. The van der Waals surface area contributed by atoms with Gasteiger partial charge in [-0.1, -0.05) is 0 Å². The predicted octanol–water partition coefficient (Wildman–Crippen LogP) is 3.89. The van der Waals surface area contributed by atoms with Gasteiger partial charge in [-0.3, -0.25) is 9.69 Å². The molecule has 0 radical (unpaired) electrons. The van der Waals surface area contributed by atoms with Gasteiger partial charge in [0.05, 0.1) is 9.09 Å². The van der Waals surface area contributed by atoms with Gasteiger partial charge in [-0.05, 0) is 38.1 Å². The molecule has 0 aliphatic carbocycles. The Morgan fingerprint density at radius 2 is 1.85 bits per heavy atom. The Balaban J connectivity index is 0.00000169. The molecule has 5 nitrogen and oxygen atoms in total. The maximum Gasteiger partial charge on any atom is 0.225 e. The number of anilines is 1. The monoisotopic (exact) mass is 434 g/mol. The molecule has 1 fully saturated rings. The molecule has 3 heterocycles. The van der Waals surface area contributed by atoms with Gasteiger partial charge in [-0.15, -0.1) is 47.9 Å². The van der Waals surface area contributed by atoms with Crippen LogP contribution in [0, 0.1) is 0 Å². The van der Waals surface area contributed by atoms with Crippen LogP contribution in [0.1, 0.15) is 23.0 Å². The van der Waals surface area contributed by atoms with Gasteiger partial charge in [0.15, 0.2) is 5.78 Å². The molecular weight excluding hydrogens is 411 g/mol. The summed E-state index contributed by atoms with van der Waals surface area (Å²) in [6, 6.07) is 5.84. The molecule has 3 rings (SSSR count). The van der Waals surface area contributed by atoms with Gasteiger partial charge in [0.1, 0.15) is 0 Å². The van der Waals surface area contributed by atoms with Crippen molar-refractivity contribution in [2.75, 3.05) is 43.4 Å². The second kappa shape index (κ2) is 11.8. The number of hydrogen-bond donors (Lipinski definition) is 0. The average Bonchev–Trinajstić information content (AvgIpc) is 3.09. The van der Waals surface area contributed by atoms with Crippen LogP contribution in [0.15, 0.2) is 34.8 Å². The van der Waals surface area contributed by atoms with E-state index in [1.807, 2.05) is 23.9 Å². The first-order valence-corrected chi connectivity index (χ1v) is 10.0. The van der Waals surface area contributed by atoms with Crippen LogP contribution in [-0.2, 0) is 0 Å². The highest BCUT2D eigenvalue weighted by Gasteiger charge is 2.18. The lowest BCUT2D eigenvalue weighted by molar-refractivity contribution is 0.102. The van der Waals surface area contributed by atoms with Crippen LogP contribution in [0.2, 0.25) is 0 Å². The van der Waals surface area contributed by atoms with E-state index < -0.39 is 0 Å². The number of piperazine rings is 1. The number of thioether (sulfide) groups is 1. The Hall–Kier alpha value is -0.860. The number of carbonyl (C=O) groups excluding carboxylic acids is 1. The summed E-state index contributed by atoms with van der Waals surface area (Å²) >= 11 is 3.46. The Kier molecular flexibility index (Phi) is 10.5. The molecule has 0 unspecified atom stereocenters. The smallest absolute Gasteiger partial charge is 0.225 e. The molecular formula is C17H24Cl2N4OS2.